The number of rotatable bonds is 9. The molecule has 0 radical (unpaired) electrons. The fraction of sp³-hybridized carbons (Fsp3) is 0.667. The van der Waals surface area contributed by atoms with E-state index in [1.807, 2.05) is 20.8 Å². The summed E-state index contributed by atoms with van der Waals surface area (Å²) in [5.74, 6) is -8.05. The lowest BCUT2D eigenvalue weighted by atomic mass is 9.77. The molecule has 58 heavy (non-hydrogen) atoms. The average Bonchev–Trinajstić information content (AvgIpc) is 4.08. The van der Waals surface area contributed by atoms with Gasteiger partial charge in [0.1, 0.15) is 18.0 Å². The number of sulfonamides is 1. The summed E-state index contributed by atoms with van der Waals surface area (Å²) in [7, 11) is -2.47. The van der Waals surface area contributed by atoms with Crippen molar-refractivity contribution in [1.29, 1.82) is 0 Å². The van der Waals surface area contributed by atoms with Crippen LogP contribution in [-0.4, -0.2) is 84.0 Å². The van der Waals surface area contributed by atoms with E-state index in [1.165, 1.54) is 18.1 Å². The number of hydrogen-bond donors (Lipinski definition) is 1. The Morgan fingerprint density at radius 2 is 1.83 bits per heavy atom. The highest BCUT2D eigenvalue weighted by atomic mass is 32.2. The quantitative estimate of drug-likeness (QED) is 0.231. The second kappa shape index (κ2) is 15.4. The van der Waals surface area contributed by atoms with E-state index in [4.69, 9.17) is 14.2 Å². The van der Waals surface area contributed by atoms with Crippen LogP contribution in [0, 0.1) is 34.5 Å². The molecule has 1 N–H and O–H groups in total. The number of ketones is 1. The van der Waals surface area contributed by atoms with E-state index < -0.39 is 110 Å². The van der Waals surface area contributed by atoms with E-state index >= 15 is 8.78 Å². The molecule has 7 rings (SSSR count). The van der Waals surface area contributed by atoms with Crippen LogP contribution in [0.5, 0.6) is 11.6 Å². The summed E-state index contributed by atoms with van der Waals surface area (Å²) < 4.78 is 78.3. The molecule has 2 bridgehead atoms. The Hall–Kier alpha value is -4.21. The molecular formula is C42H54F2N4O9S. The molecule has 1 saturated heterocycles. The lowest BCUT2D eigenvalue weighted by Crippen LogP contribution is -2.50. The molecule has 3 aliphatic carbocycles. The van der Waals surface area contributed by atoms with Crippen molar-refractivity contribution >= 4 is 44.6 Å². The molecule has 5 aliphatic rings. The molecule has 3 saturated carbocycles. The predicted molar refractivity (Wildman–Crippen MR) is 208 cm³/mol. The first-order valence-corrected chi connectivity index (χ1v) is 22.0. The predicted octanol–water partition coefficient (Wildman–Crippen LogP) is 6.03. The van der Waals surface area contributed by atoms with Crippen LogP contribution in [0.15, 0.2) is 30.9 Å². The Bertz CT molecular complexity index is 2100. The van der Waals surface area contributed by atoms with Gasteiger partial charge in [0, 0.05) is 24.8 Å². The lowest BCUT2D eigenvalue weighted by molar-refractivity contribution is -0.154. The van der Waals surface area contributed by atoms with Crippen molar-refractivity contribution in [2.75, 3.05) is 13.7 Å². The SMILES string of the molecule is C=C[C@@H]1C[C@]1(CC(=O)[C@@H]1[C@H](CC)[C@@H]2CN1C(=O)[C@H](C(C)(C)C)CC(=O)O[C@@H]1C[C@H]1CCCCC(F)(F)c1nc3ccc(OC)cc3nc1O2)C(=O)NS(=O)(=O)C1CC1. The number of aromatic nitrogens is 2. The molecule has 2 amide bonds. The van der Waals surface area contributed by atoms with Gasteiger partial charge in [-0.15, -0.1) is 6.58 Å². The van der Waals surface area contributed by atoms with Crippen molar-refractivity contribution in [3.8, 4) is 11.6 Å². The minimum absolute atomic E-state index is 0.0341. The van der Waals surface area contributed by atoms with Crippen molar-refractivity contribution < 1.29 is 50.6 Å². The summed E-state index contributed by atoms with van der Waals surface area (Å²) >= 11 is 0. The molecule has 2 aromatic rings. The van der Waals surface area contributed by atoms with Crippen LogP contribution in [0.2, 0.25) is 0 Å². The summed E-state index contributed by atoms with van der Waals surface area (Å²) in [5.41, 5.74) is -2.40. The number of halogens is 2. The van der Waals surface area contributed by atoms with E-state index in [0.717, 1.165) is 0 Å². The van der Waals surface area contributed by atoms with E-state index in [1.54, 1.807) is 25.1 Å². The second-order valence-electron chi connectivity index (χ2n) is 18.0. The molecule has 1 aromatic heterocycles. The number of esters is 1. The van der Waals surface area contributed by atoms with E-state index in [-0.39, 0.29) is 55.3 Å². The normalized spacial score (nSPS) is 31.4. The van der Waals surface area contributed by atoms with Crippen LogP contribution in [0.4, 0.5) is 8.78 Å². The van der Waals surface area contributed by atoms with E-state index in [0.29, 0.717) is 37.9 Å². The molecule has 0 unspecified atom stereocenters. The first-order valence-electron chi connectivity index (χ1n) is 20.4. The maximum atomic E-state index is 16.4. The summed E-state index contributed by atoms with van der Waals surface area (Å²) in [6, 6.07) is 3.48. The minimum Gasteiger partial charge on any atom is -0.497 e. The first kappa shape index (κ1) is 41.9. The zero-order chi connectivity index (χ0) is 41.9. The van der Waals surface area contributed by atoms with Crippen LogP contribution in [-0.2, 0) is 39.9 Å². The van der Waals surface area contributed by atoms with Crippen molar-refractivity contribution in [2.24, 2.45) is 34.5 Å². The molecule has 1 aromatic carbocycles. The van der Waals surface area contributed by atoms with Gasteiger partial charge >= 0.3 is 5.97 Å². The third kappa shape index (κ3) is 8.31. The Morgan fingerprint density at radius 1 is 1.09 bits per heavy atom. The smallest absolute Gasteiger partial charge is 0.306 e. The Morgan fingerprint density at radius 3 is 2.47 bits per heavy atom. The number of alkyl halides is 2. The number of nitrogens with one attached hydrogen (secondary N) is 1. The number of ether oxygens (including phenoxy) is 3. The van der Waals surface area contributed by atoms with Gasteiger partial charge in [0.2, 0.25) is 27.7 Å². The van der Waals surface area contributed by atoms with Crippen LogP contribution in [0.3, 0.4) is 0 Å². The number of amides is 2. The van der Waals surface area contributed by atoms with E-state index in [2.05, 4.69) is 21.3 Å². The molecule has 16 heteroatoms. The maximum Gasteiger partial charge on any atom is 0.306 e. The summed E-state index contributed by atoms with van der Waals surface area (Å²) in [6.45, 7) is 10.8. The van der Waals surface area contributed by atoms with Gasteiger partial charge in [-0.3, -0.25) is 23.9 Å². The molecule has 4 fully saturated rings. The van der Waals surface area contributed by atoms with Gasteiger partial charge in [-0.05, 0) is 74.3 Å². The highest BCUT2D eigenvalue weighted by Crippen LogP contribution is 2.57. The monoisotopic (exact) mass is 828 g/mol. The Labute approximate surface area is 338 Å². The molecule has 8 atom stereocenters. The summed E-state index contributed by atoms with van der Waals surface area (Å²) in [5, 5.41) is -0.669. The number of fused-ring (bicyclic) bond motifs is 5. The zero-order valence-corrected chi connectivity index (χ0v) is 34.6. The van der Waals surface area contributed by atoms with E-state index in [9.17, 15) is 27.6 Å². The lowest BCUT2D eigenvalue weighted by Gasteiger charge is -2.35. The third-order valence-corrected chi connectivity index (χ3v) is 14.7. The largest absolute Gasteiger partial charge is 0.497 e. The van der Waals surface area contributed by atoms with Crippen LogP contribution < -0.4 is 14.2 Å². The maximum absolute atomic E-state index is 16.4. The van der Waals surface area contributed by atoms with Gasteiger partial charge in [-0.1, -0.05) is 40.2 Å². The standard InChI is InChI=1S/C42H54F2N4O9S/c1-7-24-20-41(24,39(52)47-58(53,54)26-13-14-26)21-31(49)35-27(8-2)33-22-48(35)38(51)28(40(3,4)5)19-34(50)56-32-17-23(32)11-9-10-16-42(43,44)36-37(57-33)46-30-18-25(55-6)12-15-29(30)45-36/h7,12,15,18,23-24,26-28,32-33,35H,1,8-11,13-14,16-17,19-22H2,2-6H3,(H,47,52)/t23-,24-,27-,28-,32-,33+,35+,41-/m1/s1. The first-order chi connectivity index (χ1) is 27.3. The summed E-state index contributed by atoms with van der Waals surface area (Å²) in [6.07, 6.45) is 2.08. The topological polar surface area (TPSA) is 171 Å². The van der Waals surface area contributed by atoms with Crippen molar-refractivity contribution in [2.45, 2.75) is 128 Å². The molecule has 2 aliphatic heterocycles. The number of nitrogens with zero attached hydrogens (tertiary/aromatic N) is 3. The van der Waals surface area contributed by atoms with Crippen LogP contribution >= 0.6 is 0 Å². The molecule has 0 spiro atoms. The molecule has 3 heterocycles. The zero-order valence-electron chi connectivity index (χ0n) is 33.8. The van der Waals surface area contributed by atoms with Gasteiger partial charge in [0.15, 0.2) is 11.5 Å². The highest BCUT2D eigenvalue weighted by molar-refractivity contribution is 7.90. The van der Waals surface area contributed by atoms with Gasteiger partial charge in [-0.2, -0.15) is 8.78 Å². The molecular weight excluding hydrogens is 775 g/mol. The number of carbonyl (C=O) groups excluding carboxylic acids is 4. The number of methoxy groups -OCH3 is 1. The Balaban J connectivity index is 1.30. The number of allylic oxidation sites excluding steroid dienone is 1. The van der Waals surface area contributed by atoms with Gasteiger partial charge < -0.3 is 19.1 Å². The Kier molecular flexibility index (Phi) is 11.2. The molecule has 13 nitrogen and oxygen atoms in total. The van der Waals surface area contributed by atoms with Crippen LogP contribution in [0.25, 0.3) is 11.0 Å². The number of Topliss-reactive ketones (excluding diaryl/α,β-unsaturated/α-hetero) is 1. The number of hydrogen-bond acceptors (Lipinski definition) is 11. The van der Waals surface area contributed by atoms with Gasteiger partial charge in [0.05, 0.1) is 53.7 Å². The average molecular weight is 829 g/mol. The van der Waals surface area contributed by atoms with Crippen molar-refractivity contribution in [3.05, 3.63) is 36.5 Å². The number of benzene rings is 1. The fourth-order valence-corrected chi connectivity index (χ4v) is 10.3. The van der Waals surface area contributed by atoms with Crippen molar-refractivity contribution in [3.63, 3.8) is 0 Å². The third-order valence-electron chi connectivity index (χ3n) is 12.9. The van der Waals surface area contributed by atoms with Gasteiger partial charge in [0.25, 0.3) is 5.92 Å². The fourth-order valence-electron chi connectivity index (χ4n) is 8.92. The van der Waals surface area contributed by atoms with Crippen LogP contribution in [0.1, 0.15) is 104 Å². The minimum atomic E-state index is -3.94. The second-order valence-corrected chi connectivity index (χ2v) is 20.0. The van der Waals surface area contributed by atoms with Gasteiger partial charge in [-0.25, -0.2) is 18.4 Å². The molecule has 316 valence electrons. The van der Waals surface area contributed by atoms with Crippen molar-refractivity contribution in [1.82, 2.24) is 19.6 Å². The number of carbonyl (C=O) groups is 4. The summed E-state index contributed by atoms with van der Waals surface area (Å²) in [4.78, 5) is 67.3. The highest BCUT2D eigenvalue weighted by Gasteiger charge is 2.62.